The van der Waals surface area contributed by atoms with Crippen molar-refractivity contribution >= 4 is 33.5 Å². The van der Waals surface area contributed by atoms with Gasteiger partial charge in [-0.3, -0.25) is 4.79 Å². The van der Waals surface area contributed by atoms with Gasteiger partial charge in [0.2, 0.25) is 5.88 Å². The van der Waals surface area contributed by atoms with Crippen molar-refractivity contribution in [3.63, 3.8) is 0 Å². The van der Waals surface area contributed by atoms with Crippen LogP contribution in [0.1, 0.15) is 30.0 Å². The molecule has 0 unspecified atom stereocenters. The highest BCUT2D eigenvalue weighted by molar-refractivity contribution is 5.99. The van der Waals surface area contributed by atoms with E-state index in [4.69, 9.17) is 0 Å². The Morgan fingerprint density at radius 1 is 1.07 bits per heavy atom. The number of benzene rings is 2. The molecule has 0 atom stereocenters. The summed E-state index contributed by atoms with van der Waals surface area (Å²) >= 11 is 0. The Morgan fingerprint density at radius 2 is 1.82 bits per heavy atom. The molecule has 7 heteroatoms. The Morgan fingerprint density at radius 3 is 2.57 bits per heavy atom. The second-order valence-electron chi connectivity index (χ2n) is 6.55. The molecule has 2 heterocycles. The van der Waals surface area contributed by atoms with Crippen LogP contribution >= 0.6 is 0 Å². The molecule has 2 aromatic heterocycles. The van der Waals surface area contributed by atoms with Gasteiger partial charge in [0.25, 0.3) is 5.91 Å². The van der Waals surface area contributed by atoms with E-state index in [0.717, 1.165) is 34.3 Å². The Labute approximate surface area is 162 Å². The first-order valence-corrected chi connectivity index (χ1v) is 9.28. The lowest BCUT2D eigenvalue weighted by Crippen LogP contribution is -1.97. The minimum absolute atomic E-state index is 0.00742. The number of azo groups is 1. The highest BCUT2D eigenvalue weighted by Crippen LogP contribution is 2.38. The van der Waals surface area contributed by atoms with Crippen LogP contribution < -0.4 is 0 Å². The van der Waals surface area contributed by atoms with Gasteiger partial charge in [0.15, 0.2) is 5.69 Å². The van der Waals surface area contributed by atoms with Gasteiger partial charge >= 0.3 is 0 Å². The molecule has 0 saturated heterocycles. The number of aromatic hydroxyl groups is 1. The molecule has 7 nitrogen and oxygen atoms in total. The Hall–Kier alpha value is -3.48. The van der Waals surface area contributed by atoms with Crippen molar-refractivity contribution in [1.82, 2.24) is 14.1 Å². The predicted molar refractivity (Wildman–Crippen MR) is 108 cm³/mol. The molecule has 0 aliphatic rings. The number of rotatable bonds is 4. The fourth-order valence-corrected chi connectivity index (χ4v) is 3.63. The number of carbonyl (C=O) groups excluding carboxylic acids is 1. The van der Waals surface area contributed by atoms with Gasteiger partial charge in [-0.25, -0.2) is 4.98 Å². The number of imidazole rings is 1. The van der Waals surface area contributed by atoms with Gasteiger partial charge in [-0.15, -0.1) is 10.2 Å². The van der Waals surface area contributed by atoms with Gasteiger partial charge in [-0.1, -0.05) is 18.2 Å². The van der Waals surface area contributed by atoms with Crippen LogP contribution in [0.15, 0.2) is 52.7 Å². The third kappa shape index (κ3) is 2.76. The average molecular weight is 375 g/mol. The summed E-state index contributed by atoms with van der Waals surface area (Å²) in [6, 6.07) is 12.8. The molecule has 142 valence electrons. The maximum Gasteiger partial charge on any atom is 0.295 e. The van der Waals surface area contributed by atoms with E-state index in [9.17, 15) is 9.90 Å². The number of para-hydroxylation sites is 1. The second-order valence-corrected chi connectivity index (χ2v) is 6.55. The standard InChI is InChI=1S/C21H21N5O2/c1-4-25-13(3)22-16-12-14(10-11-18(16)25)20(27)24-23-19-15-8-6-7-9-17(15)26(5-2)21(19)28/h6-12,28H,4-5H2,1-3H3. The van der Waals surface area contributed by atoms with Crippen LogP contribution in [0, 0.1) is 6.92 Å². The lowest BCUT2D eigenvalue weighted by atomic mass is 10.2. The zero-order valence-electron chi connectivity index (χ0n) is 16.0. The number of fused-ring (bicyclic) bond motifs is 2. The van der Waals surface area contributed by atoms with Crippen molar-refractivity contribution in [1.29, 1.82) is 0 Å². The SMILES string of the molecule is CCn1c(C)nc2cc(C(=O)N=Nc3c(O)n(CC)c4ccccc34)ccc21. The molecule has 28 heavy (non-hydrogen) atoms. The number of aryl methyl sites for hydroxylation is 3. The minimum atomic E-state index is -0.474. The maximum atomic E-state index is 12.6. The first-order valence-electron chi connectivity index (χ1n) is 9.28. The van der Waals surface area contributed by atoms with E-state index in [2.05, 4.69) is 26.7 Å². The van der Waals surface area contributed by atoms with Crippen molar-refractivity contribution in [2.24, 2.45) is 10.2 Å². The van der Waals surface area contributed by atoms with Crippen LogP contribution in [0.5, 0.6) is 5.88 Å². The summed E-state index contributed by atoms with van der Waals surface area (Å²) in [6.07, 6.45) is 0. The van der Waals surface area contributed by atoms with E-state index in [0.29, 0.717) is 17.8 Å². The number of hydrogen-bond donors (Lipinski definition) is 1. The number of nitrogens with zero attached hydrogens (tertiary/aromatic N) is 5. The Kier molecular flexibility index (Phi) is 4.43. The quantitative estimate of drug-likeness (QED) is 0.511. The summed E-state index contributed by atoms with van der Waals surface area (Å²) in [6.45, 7) is 7.34. The number of amides is 1. The highest BCUT2D eigenvalue weighted by atomic mass is 16.3. The molecular formula is C21H21N5O2. The van der Waals surface area contributed by atoms with Crippen molar-refractivity contribution in [2.75, 3.05) is 0 Å². The zero-order valence-corrected chi connectivity index (χ0v) is 16.0. The van der Waals surface area contributed by atoms with Crippen LogP contribution in [0.2, 0.25) is 0 Å². The van der Waals surface area contributed by atoms with Crippen LogP contribution in [0.25, 0.3) is 21.9 Å². The molecule has 0 aliphatic heterocycles. The first kappa shape index (κ1) is 17.9. The Balaban J connectivity index is 1.71. The van der Waals surface area contributed by atoms with E-state index < -0.39 is 5.91 Å². The van der Waals surface area contributed by atoms with Crippen LogP contribution in [-0.4, -0.2) is 25.1 Å². The number of carbonyl (C=O) groups is 1. The minimum Gasteiger partial charge on any atom is -0.493 e. The molecule has 2 aromatic carbocycles. The van der Waals surface area contributed by atoms with Crippen LogP contribution in [0.3, 0.4) is 0 Å². The molecule has 0 fully saturated rings. The first-order chi connectivity index (χ1) is 13.5. The van der Waals surface area contributed by atoms with Gasteiger partial charge < -0.3 is 14.2 Å². The highest BCUT2D eigenvalue weighted by Gasteiger charge is 2.16. The molecule has 0 bridgehead atoms. The van der Waals surface area contributed by atoms with Crippen LogP contribution in [-0.2, 0) is 13.1 Å². The largest absolute Gasteiger partial charge is 0.493 e. The topological polar surface area (TPSA) is 84.8 Å². The lowest BCUT2D eigenvalue weighted by Gasteiger charge is -2.01. The Bertz CT molecular complexity index is 1230. The third-order valence-corrected chi connectivity index (χ3v) is 4.98. The third-order valence-electron chi connectivity index (χ3n) is 4.98. The smallest absolute Gasteiger partial charge is 0.295 e. The van der Waals surface area contributed by atoms with Gasteiger partial charge in [0.05, 0.1) is 16.6 Å². The van der Waals surface area contributed by atoms with E-state index in [-0.39, 0.29) is 5.88 Å². The van der Waals surface area contributed by atoms with Crippen molar-refractivity contribution < 1.29 is 9.90 Å². The van der Waals surface area contributed by atoms with Crippen molar-refractivity contribution in [2.45, 2.75) is 33.9 Å². The number of hydrogen-bond acceptors (Lipinski definition) is 4. The fourth-order valence-electron chi connectivity index (χ4n) is 3.63. The van der Waals surface area contributed by atoms with Gasteiger partial charge in [0.1, 0.15) is 5.82 Å². The van der Waals surface area contributed by atoms with Gasteiger partial charge in [-0.05, 0) is 45.0 Å². The summed E-state index contributed by atoms with van der Waals surface area (Å²) in [5, 5.41) is 19.2. The van der Waals surface area contributed by atoms with E-state index >= 15 is 0 Å². The monoisotopic (exact) mass is 375 g/mol. The van der Waals surface area contributed by atoms with Crippen molar-refractivity contribution in [3.8, 4) is 5.88 Å². The number of aromatic nitrogens is 3. The molecule has 0 aliphatic carbocycles. The maximum absolute atomic E-state index is 12.6. The summed E-state index contributed by atoms with van der Waals surface area (Å²) in [5.74, 6) is 0.437. The molecule has 0 radical (unpaired) electrons. The van der Waals surface area contributed by atoms with Crippen LogP contribution in [0.4, 0.5) is 5.69 Å². The zero-order chi connectivity index (χ0) is 19.8. The van der Waals surface area contributed by atoms with Crippen molar-refractivity contribution in [3.05, 3.63) is 53.9 Å². The molecular weight excluding hydrogens is 354 g/mol. The summed E-state index contributed by atoms with van der Waals surface area (Å²) in [7, 11) is 0. The normalized spacial score (nSPS) is 11.8. The molecule has 1 amide bonds. The summed E-state index contributed by atoms with van der Waals surface area (Å²) < 4.78 is 3.82. The van der Waals surface area contributed by atoms with E-state index in [1.807, 2.05) is 44.2 Å². The summed E-state index contributed by atoms with van der Waals surface area (Å²) in [5.41, 5.74) is 3.31. The molecule has 1 N–H and O–H groups in total. The lowest BCUT2D eigenvalue weighted by molar-refractivity contribution is 0.0995. The fraction of sp³-hybridized carbons (Fsp3) is 0.238. The molecule has 0 saturated carbocycles. The average Bonchev–Trinajstić information content (AvgIpc) is 3.17. The molecule has 4 aromatic rings. The van der Waals surface area contributed by atoms with Gasteiger partial charge in [-0.2, -0.15) is 0 Å². The van der Waals surface area contributed by atoms with E-state index in [1.165, 1.54) is 0 Å². The van der Waals surface area contributed by atoms with E-state index in [1.54, 1.807) is 16.7 Å². The molecule has 0 spiro atoms. The predicted octanol–water partition coefficient (Wildman–Crippen LogP) is 4.97. The summed E-state index contributed by atoms with van der Waals surface area (Å²) in [4.78, 5) is 17.1. The molecule has 4 rings (SSSR count). The van der Waals surface area contributed by atoms with Gasteiger partial charge in [0, 0.05) is 24.0 Å². The second kappa shape index (κ2) is 6.92.